The Labute approximate surface area is 147 Å². The molecule has 0 spiro atoms. The van der Waals surface area contributed by atoms with Gasteiger partial charge in [-0.2, -0.15) is 4.39 Å². The lowest BCUT2D eigenvalue weighted by Gasteiger charge is -2.11. The Hall–Kier alpha value is -3.29. The summed E-state index contributed by atoms with van der Waals surface area (Å²) in [4.78, 5) is 23.7. The van der Waals surface area contributed by atoms with E-state index in [0.717, 1.165) is 11.8 Å². The van der Waals surface area contributed by atoms with Crippen molar-refractivity contribution >= 4 is 5.91 Å². The second-order valence-electron chi connectivity index (χ2n) is 5.79. The van der Waals surface area contributed by atoms with Crippen molar-refractivity contribution in [2.24, 2.45) is 0 Å². The van der Waals surface area contributed by atoms with E-state index in [0.29, 0.717) is 29.9 Å². The number of benzene rings is 1. The zero-order valence-electron chi connectivity index (χ0n) is 13.8. The van der Waals surface area contributed by atoms with Crippen molar-refractivity contribution in [3.05, 3.63) is 53.4 Å². The van der Waals surface area contributed by atoms with Crippen molar-refractivity contribution in [1.82, 2.24) is 20.3 Å². The zero-order valence-corrected chi connectivity index (χ0v) is 13.8. The number of aromatic amines is 1. The van der Waals surface area contributed by atoms with Crippen molar-refractivity contribution in [3.63, 3.8) is 0 Å². The van der Waals surface area contributed by atoms with Gasteiger partial charge in [0.25, 0.3) is 5.91 Å². The molecule has 0 unspecified atom stereocenters. The molecule has 1 aliphatic rings. The molecule has 3 aromatic rings. The quantitative estimate of drug-likeness (QED) is 0.756. The first-order chi connectivity index (χ1) is 12.6. The van der Waals surface area contributed by atoms with Crippen LogP contribution in [0.25, 0.3) is 22.8 Å². The van der Waals surface area contributed by atoms with E-state index in [1.807, 2.05) is 0 Å². The largest absolute Gasteiger partial charge is 0.493 e. The van der Waals surface area contributed by atoms with Crippen LogP contribution >= 0.6 is 0 Å². The number of aromatic nitrogens is 3. The van der Waals surface area contributed by atoms with Crippen molar-refractivity contribution in [2.45, 2.75) is 6.42 Å². The Balaban J connectivity index is 1.79. The Morgan fingerprint density at radius 1 is 1.19 bits per heavy atom. The zero-order chi connectivity index (χ0) is 18.3. The third kappa shape index (κ3) is 2.59. The maximum Gasteiger partial charge on any atom is 0.253 e. The number of carbonyl (C=O) groups is 1. The van der Waals surface area contributed by atoms with Gasteiger partial charge in [-0.25, -0.2) is 14.4 Å². The number of fused-ring (bicyclic) bond motifs is 1. The molecular weight excluding hydrogens is 342 g/mol. The predicted octanol–water partition coefficient (Wildman–Crippen LogP) is 2.71. The molecule has 1 amide bonds. The number of rotatable bonds is 3. The number of ether oxygens (including phenoxy) is 1. The average molecular weight is 356 g/mol. The number of hydrogen-bond acceptors (Lipinski definition) is 4. The first-order valence-electron chi connectivity index (χ1n) is 7.94. The number of amides is 1. The summed E-state index contributed by atoms with van der Waals surface area (Å²) < 4.78 is 32.4. The molecule has 0 bridgehead atoms. The van der Waals surface area contributed by atoms with E-state index in [-0.39, 0.29) is 23.0 Å². The van der Waals surface area contributed by atoms with E-state index >= 15 is 0 Å². The van der Waals surface area contributed by atoms with Crippen LogP contribution in [0.5, 0.6) is 5.75 Å². The molecule has 0 saturated heterocycles. The van der Waals surface area contributed by atoms with Gasteiger partial charge >= 0.3 is 0 Å². The van der Waals surface area contributed by atoms with E-state index in [1.54, 1.807) is 12.1 Å². The van der Waals surface area contributed by atoms with Gasteiger partial charge in [-0.15, -0.1) is 0 Å². The monoisotopic (exact) mass is 356 g/mol. The number of nitrogens with one attached hydrogen (secondary N) is 2. The summed E-state index contributed by atoms with van der Waals surface area (Å²) in [7, 11) is 1.25. The van der Waals surface area contributed by atoms with Gasteiger partial charge in [0.15, 0.2) is 17.4 Å². The standard InChI is InChI=1S/C18H14F2N4O2/c1-26-16-9(2-3-11(19)15(16)20)17-21-6-5-13(24-17)14-8-10-12(23-14)4-7-22-18(10)25/h2-3,5-6,8,23H,4,7H2,1H3,(H,22,25). The molecule has 132 valence electrons. The highest BCUT2D eigenvalue weighted by atomic mass is 19.2. The molecule has 2 aromatic heterocycles. The fourth-order valence-electron chi connectivity index (χ4n) is 2.98. The molecule has 4 rings (SSSR count). The van der Waals surface area contributed by atoms with Crippen LogP contribution in [0.3, 0.4) is 0 Å². The second-order valence-corrected chi connectivity index (χ2v) is 5.79. The highest BCUT2D eigenvalue weighted by Crippen LogP contribution is 2.32. The molecule has 26 heavy (non-hydrogen) atoms. The topological polar surface area (TPSA) is 79.9 Å². The molecule has 0 radical (unpaired) electrons. The SMILES string of the molecule is COc1c(-c2nccc(-c3cc4c([nH]3)CCNC4=O)n2)ccc(F)c1F. The molecule has 0 atom stereocenters. The van der Waals surface area contributed by atoms with Gasteiger partial charge < -0.3 is 15.0 Å². The minimum absolute atomic E-state index is 0.134. The number of methoxy groups -OCH3 is 1. The lowest BCUT2D eigenvalue weighted by atomic mass is 10.1. The Morgan fingerprint density at radius 3 is 2.81 bits per heavy atom. The van der Waals surface area contributed by atoms with E-state index in [4.69, 9.17) is 4.74 Å². The Kier molecular flexibility index (Phi) is 3.87. The maximum absolute atomic E-state index is 14.0. The smallest absolute Gasteiger partial charge is 0.253 e. The summed E-state index contributed by atoms with van der Waals surface area (Å²) in [6.07, 6.45) is 2.22. The van der Waals surface area contributed by atoms with Crippen LogP contribution in [-0.4, -0.2) is 34.5 Å². The van der Waals surface area contributed by atoms with E-state index < -0.39 is 11.6 Å². The van der Waals surface area contributed by atoms with Crippen LogP contribution in [0.15, 0.2) is 30.5 Å². The number of halogens is 2. The predicted molar refractivity (Wildman–Crippen MR) is 89.8 cm³/mol. The number of hydrogen-bond donors (Lipinski definition) is 2. The molecule has 6 nitrogen and oxygen atoms in total. The summed E-state index contributed by atoms with van der Waals surface area (Å²) in [5.41, 5.74) is 2.84. The van der Waals surface area contributed by atoms with Crippen molar-refractivity contribution < 1.29 is 18.3 Å². The molecule has 1 aliphatic heterocycles. The highest BCUT2D eigenvalue weighted by Gasteiger charge is 2.21. The summed E-state index contributed by atoms with van der Waals surface area (Å²) in [5, 5.41) is 2.78. The summed E-state index contributed by atoms with van der Waals surface area (Å²) in [5.74, 6) is -2.30. The molecular formula is C18H14F2N4O2. The third-order valence-electron chi connectivity index (χ3n) is 4.23. The van der Waals surface area contributed by atoms with Crippen LogP contribution in [0.4, 0.5) is 8.78 Å². The van der Waals surface area contributed by atoms with Crippen molar-refractivity contribution in [3.8, 4) is 28.5 Å². The summed E-state index contributed by atoms with van der Waals surface area (Å²) >= 11 is 0. The molecule has 2 N–H and O–H groups in total. The number of carbonyl (C=O) groups excluding carboxylic acids is 1. The van der Waals surface area contributed by atoms with Crippen LogP contribution < -0.4 is 10.1 Å². The molecule has 0 fully saturated rings. The number of H-pyrrole nitrogens is 1. The maximum atomic E-state index is 14.0. The van der Waals surface area contributed by atoms with E-state index in [1.165, 1.54) is 19.4 Å². The van der Waals surface area contributed by atoms with Crippen molar-refractivity contribution in [1.29, 1.82) is 0 Å². The Bertz CT molecular complexity index is 1020. The normalized spacial score (nSPS) is 13.3. The molecule has 0 aliphatic carbocycles. The van der Waals surface area contributed by atoms with Crippen LogP contribution in [0.1, 0.15) is 16.1 Å². The third-order valence-corrected chi connectivity index (χ3v) is 4.23. The van der Waals surface area contributed by atoms with E-state index in [9.17, 15) is 13.6 Å². The molecule has 0 saturated carbocycles. The average Bonchev–Trinajstić information content (AvgIpc) is 3.10. The number of nitrogens with zero attached hydrogens (tertiary/aromatic N) is 2. The summed E-state index contributed by atoms with van der Waals surface area (Å²) in [6.45, 7) is 0.576. The van der Waals surface area contributed by atoms with Gasteiger partial charge in [0.2, 0.25) is 5.82 Å². The van der Waals surface area contributed by atoms with Gasteiger partial charge in [-0.1, -0.05) is 0 Å². The lowest BCUT2D eigenvalue weighted by molar-refractivity contribution is 0.0946. The Morgan fingerprint density at radius 2 is 2.04 bits per heavy atom. The second kappa shape index (κ2) is 6.21. The lowest BCUT2D eigenvalue weighted by Crippen LogP contribution is -2.31. The molecule has 1 aromatic carbocycles. The van der Waals surface area contributed by atoms with Crippen LogP contribution in [-0.2, 0) is 6.42 Å². The van der Waals surface area contributed by atoms with Gasteiger partial charge in [-0.3, -0.25) is 4.79 Å². The van der Waals surface area contributed by atoms with Crippen molar-refractivity contribution in [2.75, 3.05) is 13.7 Å². The van der Waals surface area contributed by atoms with Crippen LogP contribution in [0, 0.1) is 11.6 Å². The molecule has 3 heterocycles. The minimum atomic E-state index is -1.09. The first-order valence-corrected chi connectivity index (χ1v) is 7.94. The van der Waals surface area contributed by atoms with Crippen LogP contribution in [0.2, 0.25) is 0 Å². The van der Waals surface area contributed by atoms with Gasteiger partial charge in [-0.05, 0) is 24.3 Å². The highest BCUT2D eigenvalue weighted by molar-refractivity contribution is 5.97. The van der Waals surface area contributed by atoms with Gasteiger partial charge in [0.05, 0.1) is 29.6 Å². The summed E-state index contributed by atoms with van der Waals surface area (Å²) in [6, 6.07) is 5.76. The van der Waals surface area contributed by atoms with Gasteiger partial charge in [0, 0.05) is 24.9 Å². The minimum Gasteiger partial charge on any atom is -0.493 e. The fraction of sp³-hybridized carbons (Fsp3) is 0.167. The fourth-order valence-corrected chi connectivity index (χ4v) is 2.98. The van der Waals surface area contributed by atoms with E-state index in [2.05, 4.69) is 20.3 Å². The first kappa shape index (κ1) is 16.2. The molecule has 8 heteroatoms. The van der Waals surface area contributed by atoms with Gasteiger partial charge in [0.1, 0.15) is 0 Å².